The van der Waals surface area contributed by atoms with E-state index in [-0.39, 0.29) is 17.3 Å². The molecular weight excluding hydrogens is 276 g/mol. The number of ether oxygens (including phenoxy) is 1. The van der Waals surface area contributed by atoms with Crippen molar-refractivity contribution in [2.45, 2.75) is 0 Å². The molecule has 0 aliphatic heterocycles. The quantitative estimate of drug-likeness (QED) is 0.684. The number of hydrogen-bond acceptors (Lipinski definition) is 3. The van der Waals surface area contributed by atoms with Gasteiger partial charge in [-0.25, -0.2) is 0 Å². The van der Waals surface area contributed by atoms with Crippen molar-refractivity contribution in [2.24, 2.45) is 0 Å². The summed E-state index contributed by atoms with van der Waals surface area (Å²) < 4.78 is 4.97. The summed E-state index contributed by atoms with van der Waals surface area (Å²) in [5.74, 6) is 0.111. The van der Waals surface area contributed by atoms with Crippen molar-refractivity contribution < 1.29 is 14.6 Å². The summed E-state index contributed by atoms with van der Waals surface area (Å²) in [4.78, 5) is 12.0. The van der Waals surface area contributed by atoms with Crippen molar-refractivity contribution in [2.75, 3.05) is 7.11 Å². The second-order valence-electron chi connectivity index (χ2n) is 4.14. The van der Waals surface area contributed by atoms with E-state index in [0.717, 1.165) is 5.56 Å². The molecule has 0 aliphatic carbocycles. The number of rotatable bonds is 4. The average Bonchev–Trinajstić information content (AvgIpc) is 2.47. The van der Waals surface area contributed by atoms with Crippen LogP contribution in [0, 0.1) is 0 Å². The van der Waals surface area contributed by atoms with Crippen molar-refractivity contribution >= 4 is 23.5 Å². The number of halogens is 1. The van der Waals surface area contributed by atoms with Gasteiger partial charge in [0.05, 0.1) is 7.11 Å². The zero-order chi connectivity index (χ0) is 14.5. The molecule has 102 valence electrons. The molecule has 2 rings (SSSR count). The van der Waals surface area contributed by atoms with Crippen molar-refractivity contribution in [3.63, 3.8) is 0 Å². The first kappa shape index (κ1) is 14.2. The smallest absolute Gasteiger partial charge is 0.185 e. The van der Waals surface area contributed by atoms with Crippen LogP contribution in [0.25, 0.3) is 6.08 Å². The SMILES string of the molecule is COc1cc(C(=O)C=Cc2ccc(Cl)cc2)ccc1O. The van der Waals surface area contributed by atoms with Crippen LogP contribution in [0.2, 0.25) is 5.02 Å². The summed E-state index contributed by atoms with van der Waals surface area (Å²) in [5, 5.41) is 10.1. The fraction of sp³-hybridized carbons (Fsp3) is 0.0625. The Morgan fingerprint density at radius 3 is 2.55 bits per heavy atom. The molecular formula is C16H13ClO3. The molecule has 0 bridgehead atoms. The van der Waals surface area contributed by atoms with Crippen molar-refractivity contribution in [3.05, 3.63) is 64.7 Å². The molecule has 0 unspecified atom stereocenters. The molecule has 4 heteroatoms. The number of carbonyl (C=O) groups is 1. The van der Waals surface area contributed by atoms with Crippen molar-refractivity contribution in [1.29, 1.82) is 0 Å². The van der Waals surface area contributed by atoms with E-state index >= 15 is 0 Å². The Bertz CT molecular complexity index is 645. The highest BCUT2D eigenvalue weighted by molar-refractivity contribution is 6.30. The zero-order valence-corrected chi connectivity index (χ0v) is 11.6. The molecule has 0 aliphatic rings. The third-order valence-corrected chi connectivity index (χ3v) is 3.01. The van der Waals surface area contributed by atoms with E-state index in [1.165, 1.54) is 25.3 Å². The van der Waals surface area contributed by atoms with Gasteiger partial charge in [0.25, 0.3) is 0 Å². The van der Waals surface area contributed by atoms with E-state index in [4.69, 9.17) is 16.3 Å². The third-order valence-electron chi connectivity index (χ3n) is 2.76. The van der Waals surface area contributed by atoms with Gasteiger partial charge >= 0.3 is 0 Å². The third kappa shape index (κ3) is 3.39. The maximum Gasteiger partial charge on any atom is 0.185 e. The number of phenolic OH excluding ortho intramolecular Hbond substituents is 1. The minimum atomic E-state index is -0.168. The number of ketones is 1. The van der Waals surface area contributed by atoms with Crippen LogP contribution < -0.4 is 4.74 Å². The lowest BCUT2D eigenvalue weighted by Crippen LogP contribution is -1.95. The molecule has 1 N–H and O–H groups in total. The number of phenols is 1. The van der Waals surface area contributed by atoms with Crippen molar-refractivity contribution in [3.8, 4) is 11.5 Å². The highest BCUT2D eigenvalue weighted by Gasteiger charge is 2.07. The first-order chi connectivity index (χ1) is 9.60. The van der Waals surface area contributed by atoms with Gasteiger partial charge in [-0.2, -0.15) is 0 Å². The molecule has 20 heavy (non-hydrogen) atoms. The van der Waals surface area contributed by atoms with E-state index in [2.05, 4.69) is 0 Å². The van der Waals surface area contributed by atoms with Gasteiger partial charge in [0, 0.05) is 10.6 Å². The Hall–Kier alpha value is -2.26. The van der Waals surface area contributed by atoms with E-state index in [0.29, 0.717) is 10.6 Å². The number of aromatic hydroxyl groups is 1. The summed E-state index contributed by atoms with van der Waals surface area (Å²) in [5.41, 5.74) is 1.33. The fourth-order valence-electron chi connectivity index (χ4n) is 1.67. The monoisotopic (exact) mass is 288 g/mol. The Morgan fingerprint density at radius 2 is 1.90 bits per heavy atom. The Balaban J connectivity index is 2.17. The second kappa shape index (κ2) is 6.26. The molecule has 0 heterocycles. The molecule has 3 nitrogen and oxygen atoms in total. The minimum absolute atomic E-state index is 0.00531. The van der Waals surface area contributed by atoms with E-state index in [9.17, 15) is 9.90 Å². The highest BCUT2D eigenvalue weighted by Crippen LogP contribution is 2.26. The summed E-state index contributed by atoms with van der Waals surface area (Å²) in [6.07, 6.45) is 3.17. The lowest BCUT2D eigenvalue weighted by Gasteiger charge is -2.04. The van der Waals surface area contributed by atoms with Gasteiger partial charge in [-0.05, 0) is 42.0 Å². The van der Waals surface area contributed by atoms with Crippen LogP contribution in [-0.2, 0) is 0 Å². The van der Waals surface area contributed by atoms with Crippen LogP contribution in [0.5, 0.6) is 11.5 Å². The van der Waals surface area contributed by atoms with E-state index in [1.807, 2.05) is 12.1 Å². The van der Waals surface area contributed by atoms with E-state index < -0.39 is 0 Å². The molecule has 0 spiro atoms. The largest absolute Gasteiger partial charge is 0.504 e. The maximum atomic E-state index is 12.0. The average molecular weight is 289 g/mol. The second-order valence-corrected chi connectivity index (χ2v) is 4.57. The van der Waals surface area contributed by atoms with E-state index in [1.54, 1.807) is 24.3 Å². The van der Waals surface area contributed by atoms with Gasteiger partial charge in [-0.3, -0.25) is 4.79 Å². The molecule has 0 aromatic heterocycles. The molecule has 0 atom stereocenters. The summed E-state index contributed by atoms with van der Waals surface area (Å²) in [6.45, 7) is 0. The molecule has 0 radical (unpaired) electrons. The lowest BCUT2D eigenvalue weighted by molar-refractivity contribution is 0.104. The highest BCUT2D eigenvalue weighted by atomic mass is 35.5. The Morgan fingerprint density at radius 1 is 1.20 bits per heavy atom. The number of hydrogen-bond donors (Lipinski definition) is 1. The predicted octanol–water partition coefficient (Wildman–Crippen LogP) is 3.95. The van der Waals surface area contributed by atoms with Crippen LogP contribution in [0.1, 0.15) is 15.9 Å². The summed E-state index contributed by atoms with van der Waals surface area (Å²) >= 11 is 5.79. The Kier molecular flexibility index (Phi) is 4.43. The van der Waals surface area contributed by atoms with Crippen LogP contribution in [0.4, 0.5) is 0 Å². The molecule has 0 saturated carbocycles. The maximum absolute atomic E-state index is 12.0. The van der Waals surface area contributed by atoms with Crippen LogP contribution in [0.3, 0.4) is 0 Å². The predicted molar refractivity (Wildman–Crippen MR) is 79.5 cm³/mol. The first-order valence-electron chi connectivity index (χ1n) is 5.95. The molecule has 0 fully saturated rings. The van der Waals surface area contributed by atoms with Crippen LogP contribution in [-0.4, -0.2) is 18.0 Å². The fourth-order valence-corrected chi connectivity index (χ4v) is 1.80. The molecule has 0 amide bonds. The van der Waals surface area contributed by atoms with Crippen LogP contribution in [0.15, 0.2) is 48.5 Å². The Labute approximate surface area is 122 Å². The zero-order valence-electron chi connectivity index (χ0n) is 10.8. The summed E-state index contributed by atoms with van der Waals surface area (Å²) in [6, 6.07) is 11.6. The molecule has 2 aromatic carbocycles. The number of methoxy groups -OCH3 is 1. The van der Waals surface area contributed by atoms with Crippen LogP contribution >= 0.6 is 11.6 Å². The first-order valence-corrected chi connectivity index (χ1v) is 6.33. The topological polar surface area (TPSA) is 46.5 Å². The van der Waals surface area contributed by atoms with Gasteiger partial charge in [0.2, 0.25) is 0 Å². The molecule has 0 saturated heterocycles. The summed E-state index contributed by atoms with van der Waals surface area (Å²) in [7, 11) is 1.44. The lowest BCUT2D eigenvalue weighted by atomic mass is 10.1. The van der Waals surface area contributed by atoms with Gasteiger partial charge in [-0.15, -0.1) is 0 Å². The number of benzene rings is 2. The standard InChI is InChI=1S/C16H13ClO3/c1-20-16-10-12(5-9-15(16)19)14(18)8-4-11-2-6-13(17)7-3-11/h2-10,19H,1H3. The van der Waals surface area contributed by atoms with Crippen molar-refractivity contribution in [1.82, 2.24) is 0 Å². The normalized spacial score (nSPS) is 10.7. The van der Waals surface area contributed by atoms with Gasteiger partial charge < -0.3 is 9.84 Å². The van der Waals surface area contributed by atoms with Gasteiger partial charge in [-0.1, -0.05) is 29.8 Å². The number of carbonyl (C=O) groups excluding carboxylic acids is 1. The minimum Gasteiger partial charge on any atom is -0.504 e. The van der Waals surface area contributed by atoms with Gasteiger partial charge in [0.1, 0.15) is 0 Å². The van der Waals surface area contributed by atoms with Gasteiger partial charge in [0.15, 0.2) is 17.3 Å². The number of allylic oxidation sites excluding steroid dienone is 1. The molecule has 2 aromatic rings.